The molecule has 0 aliphatic carbocycles. The van der Waals surface area contributed by atoms with Gasteiger partial charge in [-0.2, -0.15) is 18.3 Å². The highest BCUT2D eigenvalue weighted by atomic mass is 19.4. The number of nitrogens with one attached hydrogen (secondary N) is 1. The number of aryl methyl sites for hydroxylation is 1. The zero-order valence-electron chi connectivity index (χ0n) is 16.6. The molecule has 6 nitrogen and oxygen atoms in total. The highest BCUT2D eigenvalue weighted by molar-refractivity contribution is 6.04. The predicted octanol–water partition coefficient (Wildman–Crippen LogP) is 4.53. The summed E-state index contributed by atoms with van der Waals surface area (Å²) in [5.74, 6) is 0.790. The van der Waals surface area contributed by atoms with Crippen molar-refractivity contribution in [2.75, 3.05) is 19.5 Å². The Balaban J connectivity index is 1.78. The van der Waals surface area contributed by atoms with Crippen molar-refractivity contribution in [2.24, 2.45) is 0 Å². The SMILES string of the molecule is COc1cc(OC)cc(C(=O)Nc2cc(C)n(Cc3cccc(C(F)(F)F)c3)n2)c1. The summed E-state index contributed by atoms with van der Waals surface area (Å²) in [5.41, 5.74) is 0.735. The zero-order chi connectivity index (χ0) is 21.9. The molecule has 158 valence electrons. The number of methoxy groups -OCH3 is 2. The van der Waals surface area contributed by atoms with Gasteiger partial charge in [-0.15, -0.1) is 0 Å². The molecule has 2 aromatic carbocycles. The molecule has 0 saturated carbocycles. The summed E-state index contributed by atoms with van der Waals surface area (Å²) >= 11 is 0. The van der Waals surface area contributed by atoms with Crippen molar-refractivity contribution in [3.63, 3.8) is 0 Å². The van der Waals surface area contributed by atoms with Crippen molar-refractivity contribution < 1.29 is 27.4 Å². The fraction of sp³-hybridized carbons (Fsp3) is 0.238. The lowest BCUT2D eigenvalue weighted by molar-refractivity contribution is -0.137. The Hall–Kier alpha value is -3.49. The van der Waals surface area contributed by atoms with Gasteiger partial charge in [-0.1, -0.05) is 12.1 Å². The predicted molar refractivity (Wildman–Crippen MR) is 105 cm³/mol. The third kappa shape index (κ3) is 4.91. The zero-order valence-corrected chi connectivity index (χ0v) is 16.6. The Morgan fingerprint density at radius 2 is 1.73 bits per heavy atom. The first-order valence-electron chi connectivity index (χ1n) is 8.94. The van der Waals surface area contributed by atoms with Crippen LogP contribution in [-0.4, -0.2) is 29.9 Å². The van der Waals surface area contributed by atoms with Crippen molar-refractivity contribution in [1.29, 1.82) is 0 Å². The summed E-state index contributed by atoms with van der Waals surface area (Å²) in [4.78, 5) is 12.6. The lowest BCUT2D eigenvalue weighted by Gasteiger charge is -2.10. The molecule has 1 aromatic heterocycles. The Bertz CT molecular complexity index is 1040. The van der Waals surface area contributed by atoms with Gasteiger partial charge >= 0.3 is 6.18 Å². The third-order valence-corrected chi connectivity index (χ3v) is 4.42. The maximum absolute atomic E-state index is 12.9. The van der Waals surface area contributed by atoms with Gasteiger partial charge in [0.05, 0.1) is 26.3 Å². The molecule has 3 aromatic rings. The van der Waals surface area contributed by atoms with Crippen molar-refractivity contribution >= 4 is 11.7 Å². The van der Waals surface area contributed by atoms with Crippen LogP contribution in [0.2, 0.25) is 0 Å². The van der Waals surface area contributed by atoms with Crippen LogP contribution in [-0.2, 0) is 12.7 Å². The monoisotopic (exact) mass is 419 g/mol. The fourth-order valence-corrected chi connectivity index (χ4v) is 2.88. The van der Waals surface area contributed by atoms with E-state index in [2.05, 4.69) is 10.4 Å². The van der Waals surface area contributed by atoms with Gasteiger partial charge in [0.2, 0.25) is 0 Å². The smallest absolute Gasteiger partial charge is 0.416 e. The molecule has 1 heterocycles. The molecule has 0 saturated heterocycles. The molecular formula is C21H20F3N3O3. The summed E-state index contributed by atoms with van der Waals surface area (Å²) in [6, 6.07) is 11.5. The van der Waals surface area contributed by atoms with E-state index in [0.29, 0.717) is 28.3 Å². The van der Waals surface area contributed by atoms with E-state index < -0.39 is 17.6 Å². The van der Waals surface area contributed by atoms with E-state index in [4.69, 9.17) is 9.47 Å². The number of rotatable bonds is 6. The van der Waals surface area contributed by atoms with Crippen molar-refractivity contribution in [1.82, 2.24) is 9.78 Å². The fourth-order valence-electron chi connectivity index (χ4n) is 2.88. The van der Waals surface area contributed by atoms with Crippen molar-refractivity contribution in [2.45, 2.75) is 19.6 Å². The first kappa shape index (κ1) is 21.2. The minimum absolute atomic E-state index is 0.138. The van der Waals surface area contributed by atoms with Gasteiger partial charge < -0.3 is 14.8 Å². The number of carbonyl (C=O) groups excluding carboxylic acids is 1. The van der Waals surface area contributed by atoms with Crippen LogP contribution in [0.5, 0.6) is 11.5 Å². The number of hydrogen-bond acceptors (Lipinski definition) is 4. The normalized spacial score (nSPS) is 11.3. The molecule has 0 bridgehead atoms. The van der Waals surface area contributed by atoms with E-state index in [0.717, 1.165) is 12.1 Å². The van der Waals surface area contributed by atoms with Crippen LogP contribution in [0.15, 0.2) is 48.5 Å². The minimum Gasteiger partial charge on any atom is -0.497 e. The summed E-state index contributed by atoms with van der Waals surface area (Å²) < 4.78 is 50.6. The average Bonchev–Trinajstić information content (AvgIpc) is 3.05. The average molecular weight is 419 g/mol. The molecule has 1 N–H and O–H groups in total. The Morgan fingerprint density at radius 1 is 1.07 bits per heavy atom. The molecule has 0 atom stereocenters. The third-order valence-electron chi connectivity index (χ3n) is 4.42. The molecule has 0 radical (unpaired) electrons. The van der Waals surface area contributed by atoms with Crippen LogP contribution in [0.3, 0.4) is 0 Å². The van der Waals surface area contributed by atoms with Crippen molar-refractivity contribution in [3.05, 3.63) is 70.9 Å². The van der Waals surface area contributed by atoms with Gasteiger partial charge in [0.25, 0.3) is 5.91 Å². The van der Waals surface area contributed by atoms with Gasteiger partial charge in [0.1, 0.15) is 11.5 Å². The largest absolute Gasteiger partial charge is 0.497 e. The number of alkyl halides is 3. The summed E-state index contributed by atoms with van der Waals surface area (Å²) in [6.07, 6.45) is -4.41. The van der Waals surface area contributed by atoms with Crippen LogP contribution in [0.25, 0.3) is 0 Å². The Kier molecular flexibility index (Phi) is 6.00. The van der Waals surface area contributed by atoms with Gasteiger partial charge in [0.15, 0.2) is 5.82 Å². The van der Waals surface area contributed by atoms with Gasteiger partial charge in [-0.25, -0.2) is 0 Å². The summed E-state index contributed by atoms with van der Waals surface area (Å²) in [5, 5.41) is 6.97. The molecule has 9 heteroatoms. The number of hydrogen-bond donors (Lipinski definition) is 1. The molecular weight excluding hydrogens is 399 g/mol. The highest BCUT2D eigenvalue weighted by Crippen LogP contribution is 2.30. The van der Waals surface area contributed by atoms with Gasteiger partial charge in [-0.3, -0.25) is 9.48 Å². The van der Waals surface area contributed by atoms with E-state index in [1.54, 1.807) is 37.3 Å². The van der Waals surface area contributed by atoms with Gasteiger partial charge in [-0.05, 0) is 36.8 Å². The first-order chi connectivity index (χ1) is 14.2. The molecule has 0 unspecified atom stereocenters. The number of halogens is 3. The molecule has 0 aliphatic heterocycles. The number of benzene rings is 2. The van der Waals surface area contributed by atoms with Crippen molar-refractivity contribution in [3.8, 4) is 11.5 Å². The molecule has 0 aliphatic rings. The Labute approximate surface area is 171 Å². The molecule has 3 rings (SSSR count). The van der Waals surface area contributed by atoms with E-state index >= 15 is 0 Å². The number of nitrogens with zero attached hydrogens (tertiary/aromatic N) is 2. The van der Waals surface area contributed by atoms with Gasteiger partial charge in [0, 0.05) is 23.4 Å². The van der Waals surface area contributed by atoms with Crippen LogP contribution in [0.1, 0.15) is 27.2 Å². The van der Waals surface area contributed by atoms with Crippen LogP contribution in [0.4, 0.5) is 19.0 Å². The summed E-state index contributed by atoms with van der Waals surface area (Å²) in [6.45, 7) is 1.89. The molecule has 1 amide bonds. The number of ether oxygens (including phenoxy) is 2. The molecule has 0 fully saturated rings. The Morgan fingerprint density at radius 3 is 2.33 bits per heavy atom. The molecule has 30 heavy (non-hydrogen) atoms. The highest BCUT2D eigenvalue weighted by Gasteiger charge is 2.30. The maximum atomic E-state index is 12.9. The lowest BCUT2D eigenvalue weighted by Crippen LogP contribution is -2.13. The van der Waals surface area contributed by atoms with Crippen LogP contribution in [0, 0.1) is 6.92 Å². The summed E-state index contributed by atoms with van der Waals surface area (Å²) in [7, 11) is 2.96. The number of amides is 1. The lowest BCUT2D eigenvalue weighted by atomic mass is 10.1. The van der Waals surface area contributed by atoms with E-state index in [-0.39, 0.29) is 12.4 Å². The minimum atomic E-state index is -4.41. The topological polar surface area (TPSA) is 65.4 Å². The second-order valence-corrected chi connectivity index (χ2v) is 6.58. The number of anilines is 1. The quantitative estimate of drug-likeness (QED) is 0.638. The standard InChI is InChI=1S/C21H20F3N3O3/c1-13-7-19(25-20(28)15-9-17(29-2)11-18(10-15)30-3)26-27(13)12-14-5-4-6-16(8-14)21(22,23)24/h4-11H,12H2,1-3H3,(H,25,26,28). The van der Waals surface area contributed by atoms with Crippen LogP contribution >= 0.6 is 0 Å². The van der Waals surface area contributed by atoms with E-state index in [9.17, 15) is 18.0 Å². The number of aromatic nitrogens is 2. The van der Waals surface area contributed by atoms with E-state index in [1.807, 2.05) is 0 Å². The maximum Gasteiger partial charge on any atom is 0.416 e. The van der Waals surface area contributed by atoms with E-state index in [1.165, 1.54) is 25.0 Å². The number of carbonyl (C=O) groups is 1. The second-order valence-electron chi connectivity index (χ2n) is 6.58. The second kappa shape index (κ2) is 8.48. The molecule has 0 spiro atoms. The first-order valence-corrected chi connectivity index (χ1v) is 8.94. The van der Waals surface area contributed by atoms with Crippen LogP contribution < -0.4 is 14.8 Å².